The van der Waals surface area contributed by atoms with Crippen LogP contribution in [0.1, 0.15) is 20.0 Å². The summed E-state index contributed by atoms with van der Waals surface area (Å²) in [6, 6.07) is 8.58. The fraction of sp³-hybridized carbons (Fsp3) is 0.143. The van der Waals surface area contributed by atoms with E-state index in [0.717, 1.165) is 8.26 Å². The molecule has 1 aromatic heterocycles. The van der Waals surface area contributed by atoms with Crippen LogP contribution in [0.2, 0.25) is 0 Å². The smallest absolute Gasteiger partial charge is 0.339 e. The minimum atomic E-state index is -0.473. The number of para-hydroxylation sites is 1. The van der Waals surface area contributed by atoms with Gasteiger partial charge >= 0.3 is 5.97 Å². The Balaban J connectivity index is 2.38. The van der Waals surface area contributed by atoms with Crippen molar-refractivity contribution in [2.75, 3.05) is 19.1 Å². The number of anilines is 1. The number of rotatable bonds is 3. The molecular weight excluding hydrogens is 422 g/mol. The monoisotopic (exact) mass is 431 g/mol. The van der Waals surface area contributed by atoms with E-state index in [-0.39, 0.29) is 5.91 Å². The molecule has 0 spiro atoms. The summed E-state index contributed by atoms with van der Waals surface area (Å²) in [7, 11) is 2.94. The van der Waals surface area contributed by atoms with E-state index < -0.39 is 5.97 Å². The number of carbonyl (C=O) groups excluding carboxylic acids is 2. The summed E-state index contributed by atoms with van der Waals surface area (Å²) in [5.74, 6) is -0.665. The summed E-state index contributed by atoms with van der Waals surface area (Å²) < 4.78 is 6.42. The van der Waals surface area contributed by atoms with Crippen LogP contribution in [-0.4, -0.2) is 26.0 Å². The van der Waals surface area contributed by atoms with Gasteiger partial charge in [-0.3, -0.25) is 4.79 Å². The molecule has 0 unspecified atom stereocenters. The van der Waals surface area contributed by atoms with Crippen molar-refractivity contribution in [1.29, 1.82) is 0 Å². The lowest BCUT2D eigenvalue weighted by Crippen LogP contribution is -2.27. The number of nitrogens with zero attached hydrogens (tertiary/aromatic N) is 1. The number of ether oxygens (including phenoxy) is 1. The van der Waals surface area contributed by atoms with Gasteiger partial charge in [0.15, 0.2) is 0 Å². The van der Waals surface area contributed by atoms with E-state index in [2.05, 4.69) is 31.9 Å². The molecule has 0 radical (unpaired) electrons. The molecule has 0 aliphatic heterocycles. The SMILES string of the molecule is COC(=O)c1ccccc1N(C)C(=O)c1cc(Br)c(Br)s1. The third kappa shape index (κ3) is 3.36. The van der Waals surface area contributed by atoms with Crippen molar-refractivity contribution in [3.05, 3.63) is 49.0 Å². The van der Waals surface area contributed by atoms with Gasteiger partial charge in [0.1, 0.15) is 0 Å². The Kier molecular flexibility index (Phi) is 5.18. The molecule has 7 heteroatoms. The Bertz CT molecular complexity index is 680. The maximum Gasteiger partial charge on any atom is 0.339 e. The molecule has 0 fully saturated rings. The first-order chi connectivity index (χ1) is 9.95. The lowest BCUT2D eigenvalue weighted by molar-refractivity contribution is 0.0601. The van der Waals surface area contributed by atoms with Gasteiger partial charge in [-0.15, -0.1) is 11.3 Å². The summed E-state index contributed by atoms with van der Waals surface area (Å²) in [6.07, 6.45) is 0. The van der Waals surface area contributed by atoms with Gasteiger partial charge in [0, 0.05) is 11.5 Å². The zero-order valence-corrected chi connectivity index (χ0v) is 15.2. The van der Waals surface area contributed by atoms with Gasteiger partial charge < -0.3 is 9.64 Å². The van der Waals surface area contributed by atoms with E-state index in [9.17, 15) is 9.59 Å². The van der Waals surface area contributed by atoms with Crippen molar-refractivity contribution < 1.29 is 14.3 Å². The molecule has 1 amide bonds. The quantitative estimate of drug-likeness (QED) is 0.678. The van der Waals surface area contributed by atoms with E-state index in [0.29, 0.717) is 16.1 Å². The molecular formula is C14H11Br2NO3S. The number of esters is 1. The summed E-state index contributed by atoms with van der Waals surface area (Å²) in [4.78, 5) is 26.3. The lowest BCUT2D eigenvalue weighted by atomic mass is 10.1. The average molecular weight is 433 g/mol. The molecule has 2 aromatic rings. The Morgan fingerprint density at radius 1 is 1.24 bits per heavy atom. The number of halogens is 2. The van der Waals surface area contributed by atoms with Crippen molar-refractivity contribution in [2.24, 2.45) is 0 Å². The first-order valence-corrected chi connectivity index (χ1v) is 8.26. The molecule has 1 heterocycles. The molecule has 0 saturated heterocycles. The van der Waals surface area contributed by atoms with Crippen molar-refractivity contribution >= 4 is 60.8 Å². The third-order valence-corrected chi connectivity index (χ3v) is 6.08. The van der Waals surface area contributed by atoms with Crippen LogP contribution in [0, 0.1) is 0 Å². The van der Waals surface area contributed by atoms with Gasteiger partial charge in [0.05, 0.1) is 27.0 Å². The Labute approximate surface area is 143 Å². The van der Waals surface area contributed by atoms with Crippen LogP contribution in [-0.2, 0) is 4.74 Å². The van der Waals surface area contributed by atoms with E-state index in [4.69, 9.17) is 4.74 Å². The van der Waals surface area contributed by atoms with Gasteiger partial charge in [-0.2, -0.15) is 0 Å². The van der Waals surface area contributed by atoms with E-state index in [1.54, 1.807) is 37.4 Å². The molecule has 110 valence electrons. The molecule has 4 nitrogen and oxygen atoms in total. The van der Waals surface area contributed by atoms with Crippen LogP contribution in [0.15, 0.2) is 38.6 Å². The number of methoxy groups -OCH3 is 1. The second kappa shape index (κ2) is 6.72. The molecule has 21 heavy (non-hydrogen) atoms. The predicted molar refractivity (Wildman–Crippen MR) is 90.2 cm³/mol. The molecule has 0 N–H and O–H groups in total. The number of hydrogen-bond donors (Lipinski definition) is 0. The highest BCUT2D eigenvalue weighted by atomic mass is 79.9. The summed E-state index contributed by atoms with van der Waals surface area (Å²) in [6.45, 7) is 0. The van der Waals surface area contributed by atoms with Crippen molar-refractivity contribution in [3.8, 4) is 0 Å². The highest BCUT2D eigenvalue weighted by Crippen LogP contribution is 2.33. The highest BCUT2D eigenvalue weighted by Gasteiger charge is 2.21. The van der Waals surface area contributed by atoms with Gasteiger partial charge in [0.2, 0.25) is 0 Å². The van der Waals surface area contributed by atoms with Gasteiger partial charge in [-0.05, 0) is 50.1 Å². The largest absolute Gasteiger partial charge is 0.465 e. The minimum Gasteiger partial charge on any atom is -0.465 e. The average Bonchev–Trinajstić information content (AvgIpc) is 2.84. The van der Waals surface area contributed by atoms with Crippen LogP contribution in [0.3, 0.4) is 0 Å². The van der Waals surface area contributed by atoms with Crippen LogP contribution < -0.4 is 4.90 Å². The normalized spacial score (nSPS) is 10.3. The number of benzene rings is 1. The number of hydrogen-bond acceptors (Lipinski definition) is 4. The van der Waals surface area contributed by atoms with Crippen LogP contribution in [0.25, 0.3) is 0 Å². The second-order valence-corrected chi connectivity index (χ2v) is 7.33. The maximum absolute atomic E-state index is 12.5. The Hall–Kier alpha value is -1.18. The van der Waals surface area contributed by atoms with Gasteiger partial charge in [0.25, 0.3) is 5.91 Å². The number of amides is 1. The van der Waals surface area contributed by atoms with Crippen molar-refractivity contribution in [3.63, 3.8) is 0 Å². The zero-order valence-electron chi connectivity index (χ0n) is 11.2. The molecule has 1 aromatic carbocycles. The molecule has 0 bridgehead atoms. The standard InChI is InChI=1S/C14H11Br2NO3S/c1-17(13(18)11-7-9(15)12(16)21-11)10-6-4-3-5-8(10)14(19)20-2/h3-7H,1-2H3. The molecule has 0 aliphatic carbocycles. The Morgan fingerprint density at radius 3 is 2.48 bits per heavy atom. The lowest BCUT2D eigenvalue weighted by Gasteiger charge is -2.19. The van der Waals surface area contributed by atoms with E-state index in [1.807, 2.05) is 0 Å². The van der Waals surface area contributed by atoms with Gasteiger partial charge in [-0.25, -0.2) is 4.79 Å². The first-order valence-electron chi connectivity index (χ1n) is 5.86. The Morgan fingerprint density at radius 2 is 1.90 bits per heavy atom. The van der Waals surface area contributed by atoms with Crippen LogP contribution in [0.5, 0.6) is 0 Å². The molecule has 0 saturated carbocycles. The second-order valence-electron chi connectivity index (χ2n) is 4.11. The van der Waals surface area contributed by atoms with Crippen molar-refractivity contribution in [2.45, 2.75) is 0 Å². The minimum absolute atomic E-state index is 0.192. The highest BCUT2D eigenvalue weighted by molar-refractivity contribution is 9.13. The van der Waals surface area contributed by atoms with Crippen LogP contribution >= 0.6 is 43.2 Å². The number of thiophene rings is 1. The van der Waals surface area contributed by atoms with E-state index in [1.165, 1.54) is 23.3 Å². The summed E-state index contributed by atoms with van der Waals surface area (Å²) >= 11 is 8.05. The molecule has 0 atom stereocenters. The maximum atomic E-state index is 12.5. The summed E-state index contributed by atoms with van der Waals surface area (Å²) in [5.41, 5.74) is 0.862. The third-order valence-electron chi connectivity index (χ3n) is 2.83. The molecule has 2 rings (SSSR count). The first kappa shape index (κ1) is 16.2. The van der Waals surface area contributed by atoms with E-state index >= 15 is 0 Å². The predicted octanol–water partition coefficient (Wildman–Crippen LogP) is 4.34. The molecule has 0 aliphatic rings. The fourth-order valence-corrected chi connectivity index (χ4v) is 3.79. The van der Waals surface area contributed by atoms with Crippen LogP contribution in [0.4, 0.5) is 5.69 Å². The van der Waals surface area contributed by atoms with Crippen molar-refractivity contribution in [1.82, 2.24) is 0 Å². The zero-order chi connectivity index (χ0) is 15.6. The fourth-order valence-electron chi connectivity index (χ4n) is 1.78. The number of carbonyl (C=O) groups is 2. The topological polar surface area (TPSA) is 46.6 Å². The van der Waals surface area contributed by atoms with Gasteiger partial charge in [-0.1, -0.05) is 12.1 Å². The summed E-state index contributed by atoms with van der Waals surface area (Å²) in [5, 5.41) is 0.